The van der Waals surface area contributed by atoms with Gasteiger partial charge in [-0.2, -0.15) is 0 Å². The zero-order valence-electron chi connectivity index (χ0n) is 7.84. The molecule has 3 heteroatoms. The van der Waals surface area contributed by atoms with E-state index in [9.17, 15) is 9.59 Å². The van der Waals surface area contributed by atoms with Crippen LogP contribution in [0.1, 0.15) is 10.4 Å². The largest absolute Gasteiger partial charge is 0.392 e. The van der Waals surface area contributed by atoms with Crippen molar-refractivity contribution in [2.45, 2.75) is 0 Å². The number of carbonyl (C=O) groups is 2. The van der Waals surface area contributed by atoms with Gasteiger partial charge in [-0.05, 0) is 16.8 Å². The minimum Gasteiger partial charge on any atom is -0.392 e. The molecule has 0 saturated heterocycles. The molecule has 0 bridgehead atoms. The summed E-state index contributed by atoms with van der Waals surface area (Å²) in [6.45, 7) is 0.143. The van der Waals surface area contributed by atoms with Crippen molar-refractivity contribution in [3.8, 4) is 0 Å². The second-order valence-corrected chi connectivity index (χ2v) is 3.03. The van der Waals surface area contributed by atoms with Gasteiger partial charge in [0.2, 0.25) is 0 Å². The van der Waals surface area contributed by atoms with Crippen molar-refractivity contribution < 1.29 is 14.3 Å². The van der Waals surface area contributed by atoms with Crippen LogP contribution in [0.25, 0.3) is 10.8 Å². The molecule has 0 amide bonds. The molecule has 0 aliphatic heterocycles. The van der Waals surface area contributed by atoms with Crippen LogP contribution in [0, 0.1) is 0 Å². The predicted octanol–water partition coefficient (Wildman–Crippen LogP) is 2.15. The van der Waals surface area contributed by atoms with Crippen LogP contribution in [0.15, 0.2) is 42.5 Å². The van der Waals surface area contributed by atoms with E-state index >= 15 is 0 Å². The third-order valence-electron chi connectivity index (χ3n) is 2.16. The Morgan fingerprint density at radius 3 is 2.60 bits per heavy atom. The van der Waals surface area contributed by atoms with E-state index in [4.69, 9.17) is 0 Å². The third-order valence-corrected chi connectivity index (χ3v) is 2.16. The van der Waals surface area contributed by atoms with Crippen LogP contribution >= 0.6 is 0 Å². The van der Waals surface area contributed by atoms with Gasteiger partial charge < -0.3 is 4.74 Å². The van der Waals surface area contributed by atoms with Crippen molar-refractivity contribution in [1.29, 1.82) is 0 Å². The number of hydrogen-bond acceptors (Lipinski definition) is 3. The molecule has 0 saturated carbocycles. The SMILES string of the molecule is O=COC(=O)c1cccc2ccccc12. The lowest BCUT2D eigenvalue weighted by Crippen LogP contribution is -2.03. The lowest BCUT2D eigenvalue weighted by atomic mass is 10.1. The standard InChI is InChI=1S/C12H8O3/c13-8-15-12(14)11-7-3-5-9-4-1-2-6-10(9)11/h1-8H. The van der Waals surface area contributed by atoms with E-state index in [-0.39, 0.29) is 6.47 Å². The molecule has 0 fully saturated rings. The van der Waals surface area contributed by atoms with Crippen molar-refractivity contribution in [3.63, 3.8) is 0 Å². The molecule has 3 nitrogen and oxygen atoms in total. The highest BCUT2D eigenvalue weighted by atomic mass is 16.6. The molecule has 0 radical (unpaired) electrons. The fraction of sp³-hybridized carbons (Fsp3) is 0. The molecule has 0 unspecified atom stereocenters. The highest BCUT2D eigenvalue weighted by molar-refractivity contribution is 6.05. The van der Waals surface area contributed by atoms with Crippen LogP contribution in [0.4, 0.5) is 0 Å². The van der Waals surface area contributed by atoms with Gasteiger partial charge in [-0.15, -0.1) is 0 Å². The molecule has 0 N–H and O–H groups in total. The van der Waals surface area contributed by atoms with Crippen LogP contribution < -0.4 is 0 Å². The number of ether oxygens (including phenoxy) is 1. The van der Waals surface area contributed by atoms with Gasteiger partial charge in [0, 0.05) is 0 Å². The van der Waals surface area contributed by atoms with Crippen LogP contribution in [0.5, 0.6) is 0 Å². The van der Waals surface area contributed by atoms with E-state index in [1.165, 1.54) is 0 Å². The summed E-state index contributed by atoms with van der Waals surface area (Å²) < 4.78 is 4.32. The zero-order chi connectivity index (χ0) is 10.7. The van der Waals surface area contributed by atoms with Gasteiger partial charge in [-0.25, -0.2) is 4.79 Å². The molecule has 0 atom stereocenters. The number of esters is 1. The first-order valence-corrected chi connectivity index (χ1v) is 4.45. The summed E-state index contributed by atoms with van der Waals surface area (Å²) >= 11 is 0. The summed E-state index contributed by atoms with van der Waals surface area (Å²) in [5.41, 5.74) is 0.403. The lowest BCUT2D eigenvalue weighted by molar-refractivity contribution is -0.123. The molecule has 0 heterocycles. The topological polar surface area (TPSA) is 43.4 Å². The Kier molecular flexibility index (Phi) is 2.46. The Balaban J connectivity index is 2.60. The smallest absolute Gasteiger partial charge is 0.346 e. The van der Waals surface area contributed by atoms with E-state index in [0.29, 0.717) is 5.56 Å². The molecule has 0 aliphatic carbocycles. The van der Waals surface area contributed by atoms with Crippen molar-refractivity contribution in [2.24, 2.45) is 0 Å². The number of rotatable bonds is 2. The zero-order valence-corrected chi connectivity index (χ0v) is 7.84. The summed E-state index contributed by atoms with van der Waals surface area (Å²) in [7, 11) is 0. The van der Waals surface area contributed by atoms with Crippen molar-refractivity contribution >= 4 is 23.2 Å². The van der Waals surface area contributed by atoms with Crippen molar-refractivity contribution in [2.75, 3.05) is 0 Å². The van der Waals surface area contributed by atoms with E-state index < -0.39 is 5.97 Å². The maximum absolute atomic E-state index is 11.4. The molecule has 0 aliphatic rings. The molecule has 2 aromatic carbocycles. The fourth-order valence-corrected chi connectivity index (χ4v) is 1.51. The number of fused-ring (bicyclic) bond motifs is 1. The first-order valence-electron chi connectivity index (χ1n) is 4.45. The molecule has 2 rings (SSSR count). The maximum Gasteiger partial charge on any atom is 0.346 e. The molecule has 74 valence electrons. The average Bonchev–Trinajstić information content (AvgIpc) is 2.28. The monoisotopic (exact) mass is 200 g/mol. The normalized spacial score (nSPS) is 9.87. The third kappa shape index (κ3) is 1.72. The van der Waals surface area contributed by atoms with Crippen LogP contribution in [-0.2, 0) is 9.53 Å². The predicted molar refractivity (Wildman–Crippen MR) is 55.4 cm³/mol. The molecule has 0 aromatic heterocycles. The second-order valence-electron chi connectivity index (χ2n) is 3.03. The molecular weight excluding hydrogens is 192 g/mol. The van der Waals surface area contributed by atoms with Crippen molar-refractivity contribution in [1.82, 2.24) is 0 Å². The van der Waals surface area contributed by atoms with Gasteiger partial charge in [0.1, 0.15) is 0 Å². The van der Waals surface area contributed by atoms with E-state index in [0.717, 1.165) is 10.8 Å². The second kappa shape index (κ2) is 3.92. The van der Waals surface area contributed by atoms with Gasteiger partial charge in [0.25, 0.3) is 0 Å². The van der Waals surface area contributed by atoms with Crippen LogP contribution in [0.3, 0.4) is 0 Å². The summed E-state index contributed by atoms with van der Waals surface area (Å²) in [6.07, 6.45) is 0. The number of benzene rings is 2. The molecule has 15 heavy (non-hydrogen) atoms. The van der Waals surface area contributed by atoms with Gasteiger partial charge >= 0.3 is 12.4 Å². The Bertz CT molecular complexity index is 512. The summed E-state index contributed by atoms with van der Waals surface area (Å²) in [4.78, 5) is 21.5. The Labute approximate surface area is 86.3 Å². The maximum atomic E-state index is 11.4. The highest BCUT2D eigenvalue weighted by Gasteiger charge is 2.09. The first kappa shape index (κ1) is 9.40. The van der Waals surface area contributed by atoms with Gasteiger partial charge in [-0.1, -0.05) is 36.4 Å². The fourth-order valence-electron chi connectivity index (χ4n) is 1.51. The lowest BCUT2D eigenvalue weighted by Gasteiger charge is -2.02. The average molecular weight is 200 g/mol. The first-order chi connectivity index (χ1) is 7.33. The highest BCUT2D eigenvalue weighted by Crippen LogP contribution is 2.18. The number of carbonyl (C=O) groups excluding carboxylic acids is 2. The van der Waals surface area contributed by atoms with E-state index in [1.54, 1.807) is 12.1 Å². The minimum atomic E-state index is -0.623. The Morgan fingerprint density at radius 2 is 1.80 bits per heavy atom. The van der Waals surface area contributed by atoms with Crippen LogP contribution in [0.2, 0.25) is 0 Å². The van der Waals surface area contributed by atoms with Crippen LogP contribution in [-0.4, -0.2) is 12.4 Å². The van der Waals surface area contributed by atoms with E-state index in [2.05, 4.69) is 4.74 Å². The summed E-state index contributed by atoms with van der Waals surface area (Å²) in [5, 5.41) is 1.73. The molecule has 0 spiro atoms. The number of hydrogen-bond donors (Lipinski definition) is 0. The van der Waals surface area contributed by atoms with Gasteiger partial charge in [0.05, 0.1) is 5.56 Å². The Morgan fingerprint density at radius 1 is 1.07 bits per heavy atom. The van der Waals surface area contributed by atoms with E-state index in [1.807, 2.05) is 30.3 Å². The summed E-state index contributed by atoms with van der Waals surface area (Å²) in [5.74, 6) is -0.623. The minimum absolute atomic E-state index is 0.143. The Hall–Kier alpha value is -2.16. The van der Waals surface area contributed by atoms with Gasteiger partial charge in [0.15, 0.2) is 0 Å². The van der Waals surface area contributed by atoms with Gasteiger partial charge in [-0.3, -0.25) is 4.79 Å². The quantitative estimate of drug-likeness (QED) is 0.424. The molecular formula is C12H8O3. The van der Waals surface area contributed by atoms with Crippen molar-refractivity contribution in [3.05, 3.63) is 48.0 Å². The molecule has 2 aromatic rings. The summed E-state index contributed by atoms with van der Waals surface area (Å²) in [6, 6.07) is 12.7.